The highest BCUT2D eigenvalue weighted by Crippen LogP contribution is 2.24. The van der Waals surface area contributed by atoms with Crippen LogP contribution in [0.2, 0.25) is 0 Å². The molecule has 0 aliphatic carbocycles. The van der Waals surface area contributed by atoms with Gasteiger partial charge in [-0.25, -0.2) is 4.98 Å². The number of rotatable bonds is 5. The third kappa shape index (κ3) is 4.24. The summed E-state index contributed by atoms with van der Waals surface area (Å²) in [5, 5.41) is 10.5. The lowest BCUT2D eigenvalue weighted by Gasteiger charge is -2.29. The summed E-state index contributed by atoms with van der Waals surface area (Å²) in [7, 11) is 2.09. The third-order valence-corrected chi connectivity index (χ3v) is 4.80. The van der Waals surface area contributed by atoms with Crippen LogP contribution in [0, 0.1) is 0 Å². The molecular formula is C11H16N2O3S2. The van der Waals surface area contributed by atoms with Gasteiger partial charge in [0.15, 0.2) is 0 Å². The molecule has 1 N–H and O–H groups in total. The zero-order valence-corrected chi connectivity index (χ0v) is 11.8. The van der Waals surface area contributed by atoms with Gasteiger partial charge in [0.2, 0.25) is 0 Å². The number of morpholine rings is 1. The number of thioether (sulfide) groups is 1. The van der Waals surface area contributed by atoms with E-state index < -0.39 is 5.97 Å². The van der Waals surface area contributed by atoms with E-state index in [0.717, 1.165) is 29.8 Å². The van der Waals surface area contributed by atoms with Gasteiger partial charge in [0, 0.05) is 24.2 Å². The molecule has 100 valence electrons. The Morgan fingerprint density at radius 1 is 1.78 bits per heavy atom. The molecule has 0 spiro atoms. The van der Waals surface area contributed by atoms with Crippen LogP contribution in [-0.2, 0) is 16.0 Å². The molecule has 2 rings (SSSR count). The molecule has 0 radical (unpaired) electrons. The number of aliphatic carboxylic acids is 1. The number of hydrogen-bond donors (Lipinski definition) is 1. The molecule has 1 aliphatic heterocycles. The molecule has 18 heavy (non-hydrogen) atoms. The van der Waals surface area contributed by atoms with E-state index in [9.17, 15) is 4.79 Å². The number of carboxylic acid groups (broad SMARTS) is 1. The zero-order chi connectivity index (χ0) is 13.0. The standard InChI is InChI=1S/C11H16N2O3S2/c1-13-2-3-16-9(5-13)7-18-11-12-8(6-17-11)4-10(14)15/h6,9H,2-5,7H2,1H3,(H,14,15). The predicted molar refractivity (Wildman–Crippen MR) is 71.4 cm³/mol. The number of aromatic nitrogens is 1. The van der Waals surface area contributed by atoms with E-state index >= 15 is 0 Å². The average molecular weight is 288 g/mol. The highest BCUT2D eigenvalue weighted by atomic mass is 32.2. The van der Waals surface area contributed by atoms with Crippen molar-refractivity contribution >= 4 is 29.1 Å². The lowest BCUT2D eigenvalue weighted by molar-refractivity contribution is -0.136. The fourth-order valence-corrected chi connectivity index (χ4v) is 3.60. The maximum atomic E-state index is 10.6. The smallest absolute Gasteiger partial charge is 0.309 e. The highest BCUT2D eigenvalue weighted by Gasteiger charge is 2.18. The topological polar surface area (TPSA) is 62.7 Å². The van der Waals surface area contributed by atoms with Crippen molar-refractivity contribution in [2.24, 2.45) is 0 Å². The number of hydrogen-bond acceptors (Lipinski definition) is 6. The second kappa shape index (κ2) is 6.51. The van der Waals surface area contributed by atoms with Gasteiger partial charge in [-0.2, -0.15) is 0 Å². The second-order valence-electron chi connectivity index (χ2n) is 4.24. The van der Waals surface area contributed by atoms with E-state index in [1.165, 1.54) is 11.3 Å². The molecule has 1 saturated heterocycles. The summed E-state index contributed by atoms with van der Waals surface area (Å²) in [6.07, 6.45) is 0.236. The fraction of sp³-hybridized carbons (Fsp3) is 0.636. The van der Waals surface area contributed by atoms with Crippen LogP contribution in [0.1, 0.15) is 5.69 Å². The van der Waals surface area contributed by atoms with Crippen molar-refractivity contribution in [3.05, 3.63) is 11.1 Å². The summed E-state index contributed by atoms with van der Waals surface area (Å²) >= 11 is 3.14. The van der Waals surface area contributed by atoms with Gasteiger partial charge in [-0.3, -0.25) is 4.79 Å². The molecule has 1 aromatic rings. The van der Waals surface area contributed by atoms with E-state index in [2.05, 4.69) is 16.9 Å². The Morgan fingerprint density at radius 2 is 2.61 bits per heavy atom. The average Bonchev–Trinajstić information content (AvgIpc) is 2.73. The van der Waals surface area contributed by atoms with Crippen LogP contribution in [0.5, 0.6) is 0 Å². The Hall–Kier alpha value is -0.630. The van der Waals surface area contributed by atoms with Crippen molar-refractivity contribution < 1.29 is 14.6 Å². The molecule has 2 heterocycles. The summed E-state index contributed by atoms with van der Waals surface area (Å²) in [6.45, 7) is 2.71. The van der Waals surface area contributed by atoms with E-state index in [4.69, 9.17) is 9.84 Å². The Kier molecular flexibility index (Phi) is 4.99. The Balaban J connectivity index is 1.79. The SMILES string of the molecule is CN1CCOC(CSc2nc(CC(=O)O)cs2)C1. The van der Waals surface area contributed by atoms with Crippen molar-refractivity contribution in [2.45, 2.75) is 16.9 Å². The fourth-order valence-electron chi connectivity index (χ4n) is 1.72. The van der Waals surface area contributed by atoms with Crippen molar-refractivity contribution in [2.75, 3.05) is 32.5 Å². The first kappa shape index (κ1) is 13.8. The van der Waals surface area contributed by atoms with Gasteiger partial charge >= 0.3 is 5.97 Å². The minimum atomic E-state index is -0.839. The summed E-state index contributed by atoms with van der Waals surface area (Å²) in [5.74, 6) is 0.0266. The van der Waals surface area contributed by atoms with Gasteiger partial charge in [0.05, 0.1) is 24.8 Å². The van der Waals surface area contributed by atoms with Crippen LogP contribution >= 0.6 is 23.1 Å². The first-order valence-corrected chi connectivity index (χ1v) is 7.59. The number of thiazole rings is 1. The van der Waals surface area contributed by atoms with Crippen LogP contribution in [0.4, 0.5) is 0 Å². The number of ether oxygens (including phenoxy) is 1. The molecule has 1 aromatic heterocycles. The first-order chi connectivity index (χ1) is 8.63. The largest absolute Gasteiger partial charge is 0.481 e. The van der Waals surface area contributed by atoms with E-state index in [1.54, 1.807) is 11.8 Å². The van der Waals surface area contributed by atoms with Crippen LogP contribution in [0.3, 0.4) is 0 Å². The summed E-state index contributed by atoms with van der Waals surface area (Å²) < 4.78 is 6.58. The van der Waals surface area contributed by atoms with Gasteiger partial charge in [0.1, 0.15) is 4.34 Å². The minimum Gasteiger partial charge on any atom is -0.481 e. The van der Waals surface area contributed by atoms with E-state index in [0.29, 0.717) is 5.69 Å². The zero-order valence-electron chi connectivity index (χ0n) is 10.2. The van der Waals surface area contributed by atoms with Crippen molar-refractivity contribution in [1.82, 2.24) is 9.88 Å². The summed E-state index contributed by atoms with van der Waals surface area (Å²) in [4.78, 5) is 17.1. The summed E-state index contributed by atoms with van der Waals surface area (Å²) in [6, 6.07) is 0. The Labute approximate surface area is 114 Å². The van der Waals surface area contributed by atoms with Gasteiger partial charge in [0.25, 0.3) is 0 Å². The molecule has 0 saturated carbocycles. The number of nitrogens with zero attached hydrogens (tertiary/aromatic N) is 2. The molecule has 0 amide bonds. The lowest BCUT2D eigenvalue weighted by Crippen LogP contribution is -2.41. The number of carbonyl (C=O) groups is 1. The molecule has 5 nitrogen and oxygen atoms in total. The molecule has 1 aliphatic rings. The van der Waals surface area contributed by atoms with Crippen LogP contribution < -0.4 is 0 Å². The van der Waals surface area contributed by atoms with Crippen LogP contribution in [0.15, 0.2) is 9.72 Å². The predicted octanol–water partition coefficient (Wildman–Crippen LogP) is 1.19. The monoisotopic (exact) mass is 288 g/mol. The van der Waals surface area contributed by atoms with Crippen molar-refractivity contribution in [3.8, 4) is 0 Å². The molecule has 0 bridgehead atoms. The second-order valence-corrected chi connectivity index (χ2v) is 6.37. The maximum absolute atomic E-state index is 10.6. The van der Waals surface area contributed by atoms with Gasteiger partial charge in [-0.15, -0.1) is 11.3 Å². The summed E-state index contributed by atoms with van der Waals surface area (Å²) in [5.41, 5.74) is 0.636. The molecule has 7 heteroatoms. The first-order valence-electron chi connectivity index (χ1n) is 5.72. The third-order valence-electron chi connectivity index (χ3n) is 2.60. The Morgan fingerprint density at radius 3 is 3.33 bits per heavy atom. The van der Waals surface area contributed by atoms with Crippen molar-refractivity contribution in [3.63, 3.8) is 0 Å². The van der Waals surface area contributed by atoms with Crippen molar-refractivity contribution in [1.29, 1.82) is 0 Å². The Bertz CT molecular complexity index is 411. The quantitative estimate of drug-likeness (QED) is 0.821. The normalized spacial score (nSPS) is 21.1. The van der Waals surface area contributed by atoms with E-state index in [1.807, 2.05) is 5.38 Å². The number of likely N-dealkylation sites (N-methyl/N-ethyl adjacent to an activating group) is 1. The molecule has 1 fully saturated rings. The van der Waals surface area contributed by atoms with Crippen LogP contribution in [-0.4, -0.2) is 59.6 Å². The molecular weight excluding hydrogens is 272 g/mol. The number of carboxylic acids is 1. The van der Waals surface area contributed by atoms with E-state index in [-0.39, 0.29) is 12.5 Å². The molecule has 1 unspecified atom stereocenters. The lowest BCUT2D eigenvalue weighted by atomic mass is 10.3. The highest BCUT2D eigenvalue weighted by molar-refractivity contribution is 8.01. The van der Waals surface area contributed by atoms with Gasteiger partial charge in [-0.1, -0.05) is 11.8 Å². The maximum Gasteiger partial charge on any atom is 0.309 e. The molecule has 0 aromatic carbocycles. The molecule has 1 atom stereocenters. The van der Waals surface area contributed by atoms with Gasteiger partial charge < -0.3 is 14.7 Å². The van der Waals surface area contributed by atoms with Gasteiger partial charge in [-0.05, 0) is 7.05 Å². The van der Waals surface area contributed by atoms with Crippen LogP contribution in [0.25, 0.3) is 0 Å². The minimum absolute atomic E-state index is 0.000271.